The molecule has 1 heterocycles. The van der Waals surface area contributed by atoms with E-state index in [9.17, 15) is 19.8 Å². The predicted molar refractivity (Wildman–Crippen MR) is 159 cm³/mol. The Balaban J connectivity index is 1.15. The van der Waals surface area contributed by atoms with Crippen LogP contribution in [0, 0.1) is 0 Å². The fourth-order valence-corrected chi connectivity index (χ4v) is 5.34. The normalized spacial score (nSPS) is 11.9. The van der Waals surface area contributed by atoms with E-state index in [1.165, 1.54) is 17.7 Å². The van der Waals surface area contributed by atoms with Crippen molar-refractivity contribution in [3.8, 4) is 16.9 Å². The molecule has 0 aliphatic carbocycles. The average Bonchev–Trinajstić information content (AvgIpc) is 2.96. The fraction of sp³-hybridized carbons (Fsp3) is 0.200. The minimum absolute atomic E-state index is 0.0117. The largest absolute Gasteiger partial charge is 0.506 e. The van der Waals surface area contributed by atoms with Crippen LogP contribution in [-0.4, -0.2) is 21.0 Å². The lowest BCUT2D eigenvalue weighted by molar-refractivity contribution is -0.117. The zero-order valence-corrected chi connectivity index (χ0v) is 22.3. The van der Waals surface area contributed by atoms with E-state index in [0.29, 0.717) is 35.7 Å². The van der Waals surface area contributed by atoms with E-state index in [-0.39, 0.29) is 17.1 Å². The Hall–Kier alpha value is -4.48. The number of aryl methyl sites for hydroxylation is 1. The van der Waals surface area contributed by atoms with Crippen molar-refractivity contribution in [2.45, 2.75) is 44.6 Å². The number of phenolic OH excluding ortho intramolecular Hbond substituents is 1. The Morgan fingerprint density at radius 2 is 1.55 bits per heavy atom. The number of aromatic nitrogens is 1. The molecule has 202 valence electrons. The first-order valence-electron chi connectivity index (χ1n) is 13.7. The maximum absolute atomic E-state index is 13.0. The molecule has 5 aromatic rings. The number of ketones is 1. The van der Waals surface area contributed by atoms with Gasteiger partial charge >= 0.3 is 0 Å². The molecule has 0 bridgehead atoms. The molecule has 0 aliphatic heterocycles. The molecule has 0 saturated carbocycles. The number of unbranched alkanes of at least 4 members (excludes halogenated alkanes) is 1. The van der Waals surface area contributed by atoms with Crippen LogP contribution in [0.3, 0.4) is 0 Å². The number of aromatic hydroxyl groups is 1. The van der Waals surface area contributed by atoms with Gasteiger partial charge in [-0.05, 0) is 64.8 Å². The number of benzene rings is 4. The predicted octanol–water partition coefficient (Wildman–Crippen LogP) is 6.70. The van der Waals surface area contributed by atoms with Gasteiger partial charge in [0.05, 0.1) is 11.6 Å². The number of pyridine rings is 1. The number of nitrogens with one attached hydrogen (secondary N) is 1. The van der Waals surface area contributed by atoms with Crippen LogP contribution >= 0.6 is 0 Å². The third-order valence-electron chi connectivity index (χ3n) is 7.34. The van der Waals surface area contributed by atoms with E-state index in [0.717, 1.165) is 41.5 Å². The molecule has 1 atom stereocenters. The zero-order valence-electron chi connectivity index (χ0n) is 22.3. The molecule has 0 radical (unpaired) electrons. The number of Topliss-reactive ketones (excluding diaryl/α,β-unsaturated/α-hetero) is 1. The van der Waals surface area contributed by atoms with E-state index in [2.05, 4.69) is 35.3 Å². The molecule has 0 amide bonds. The Kier molecular flexibility index (Phi) is 8.53. The molecule has 4 aromatic carbocycles. The second-order valence-electron chi connectivity index (χ2n) is 10.3. The van der Waals surface area contributed by atoms with E-state index in [1.54, 1.807) is 12.1 Å². The summed E-state index contributed by atoms with van der Waals surface area (Å²) in [5.41, 5.74) is 6.20. The van der Waals surface area contributed by atoms with Gasteiger partial charge in [-0.25, -0.2) is 0 Å². The van der Waals surface area contributed by atoms with Gasteiger partial charge in [-0.1, -0.05) is 91.3 Å². The zero-order chi connectivity index (χ0) is 27.9. The highest BCUT2D eigenvalue weighted by molar-refractivity contribution is 5.87. The lowest BCUT2D eigenvalue weighted by atomic mass is 9.94. The van der Waals surface area contributed by atoms with Crippen LogP contribution in [0.2, 0.25) is 0 Å². The van der Waals surface area contributed by atoms with Gasteiger partial charge in [-0.3, -0.25) is 9.59 Å². The number of phenols is 1. The summed E-state index contributed by atoms with van der Waals surface area (Å²) in [6.45, 7) is 0. The SMILES string of the molecule is O=C(Cc1cccc(CCCCC(O)c2ccc(O)c3[nH]c(=O)ccc23)c1)Cc1ccccc1-c1ccccc1. The van der Waals surface area contributed by atoms with Crippen LogP contribution in [0.25, 0.3) is 22.0 Å². The van der Waals surface area contributed by atoms with E-state index < -0.39 is 6.10 Å². The van der Waals surface area contributed by atoms with Crippen molar-refractivity contribution in [2.75, 3.05) is 0 Å². The molecular formula is C35H33NO4. The van der Waals surface area contributed by atoms with Crippen LogP contribution in [0.4, 0.5) is 0 Å². The molecular weight excluding hydrogens is 498 g/mol. The Bertz CT molecular complexity index is 1670. The Labute approximate surface area is 233 Å². The average molecular weight is 532 g/mol. The number of aliphatic hydroxyl groups is 1. The van der Waals surface area contributed by atoms with Gasteiger partial charge in [0.1, 0.15) is 11.5 Å². The summed E-state index contributed by atoms with van der Waals surface area (Å²) in [6.07, 6.45) is 3.22. The molecule has 0 aliphatic rings. The standard InChI is InChI=1S/C35H33NO4/c37-28(23-27-14-5-6-15-29(27)26-12-2-1-3-13-26)22-25-11-8-10-24(21-25)9-4-7-16-32(38)30-17-19-33(39)35-31(30)18-20-34(40)36-35/h1-3,5-6,8,10-15,17-21,32,38-39H,4,7,9,16,22-23H2,(H,36,40). The molecule has 0 spiro atoms. The molecule has 5 nitrogen and oxygen atoms in total. The van der Waals surface area contributed by atoms with Crippen LogP contribution in [0.5, 0.6) is 5.75 Å². The topological polar surface area (TPSA) is 90.4 Å². The Morgan fingerprint density at radius 3 is 2.40 bits per heavy atom. The minimum Gasteiger partial charge on any atom is -0.506 e. The maximum Gasteiger partial charge on any atom is 0.248 e. The van der Waals surface area contributed by atoms with E-state index in [1.807, 2.05) is 48.5 Å². The van der Waals surface area contributed by atoms with E-state index in [4.69, 9.17) is 0 Å². The second kappa shape index (κ2) is 12.6. The molecule has 5 heteroatoms. The molecule has 40 heavy (non-hydrogen) atoms. The lowest BCUT2D eigenvalue weighted by Crippen LogP contribution is -2.08. The van der Waals surface area contributed by atoms with Gasteiger partial charge in [0.2, 0.25) is 5.56 Å². The van der Waals surface area contributed by atoms with Crippen LogP contribution < -0.4 is 5.56 Å². The number of H-pyrrole nitrogens is 1. The van der Waals surface area contributed by atoms with Gasteiger partial charge in [0.15, 0.2) is 0 Å². The number of rotatable bonds is 11. The summed E-state index contributed by atoms with van der Waals surface area (Å²) in [7, 11) is 0. The molecule has 0 fully saturated rings. The van der Waals surface area contributed by atoms with Crippen molar-refractivity contribution in [3.63, 3.8) is 0 Å². The van der Waals surface area contributed by atoms with Gasteiger partial charge in [-0.2, -0.15) is 0 Å². The molecule has 1 unspecified atom stereocenters. The van der Waals surface area contributed by atoms with E-state index >= 15 is 0 Å². The van der Waals surface area contributed by atoms with Gasteiger partial charge in [-0.15, -0.1) is 0 Å². The number of hydrogen-bond acceptors (Lipinski definition) is 4. The molecule has 0 saturated heterocycles. The number of aliphatic hydroxyl groups excluding tert-OH is 1. The van der Waals surface area contributed by atoms with Gasteiger partial charge < -0.3 is 15.2 Å². The maximum atomic E-state index is 13.0. The van der Waals surface area contributed by atoms with Crippen LogP contribution in [0.1, 0.15) is 47.6 Å². The molecule has 3 N–H and O–H groups in total. The molecule has 5 rings (SSSR count). The van der Waals surface area contributed by atoms with Crippen molar-refractivity contribution >= 4 is 16.7 Å². The number of hydrogen-bond donors (Lipinski definition) is 3. The smallest absolute Gasteiger partial charge is 0.248 e. The van der Waals surface area contributed by atoms with Crippen molar-refractivity contribution in [2.24, 2.45) is 0 Å². The number of carbonyl (C=O) groups is 1. The van der Waals surface area contributed by atoms with Crippen molar-refractivity contribution in [1.82, 2.24) is 4.98 Å². The highest BCUT2D eigenvalue weighted by Crippen LogP contribution is 2.31. The quantitative estimate of drug-likeness (QED) is 0.165. The van der Waals surface area contributed by atoms with Crippen molar-refractivity contribution in [1.29, 1.82) is 0 Å². The summed E-state index contributed by atoms with van der Waals surface area (Å²) in [5, 5.41) is 21.5. The van der Waals surface area contributed by atoms with Crippen molar-refractivity contribution in [3.05, 3.63) is 136 Å². The third kappa shape index (κ3) is 6.56. The highest BCUT2D eigenvalue weighted by Gasteiger charge is 2.14. The first-order chi connectivity index (χ1) is 19.5. The van der Waals surface area contributed by atoms with Crippen molar-refractivity contribution < 1.29 is 15.0 Å². The fourth-order valence-electron chi connectivity index (χ4n) is 5.34. The molecule has 1 aromatic heterocycles. The summed E-state index contributed by atoms with van der Waals surface area (Å²) < 4.78 is 0. The number of fused-ring (bicyclic) bond motifs is 1. The summed E-state index contributed by atoms with van der Waals surface area (Å²) in [6, 6.07) is 32.7. The first-order valence-corrected chi connectivity index (χ1v) is 13.7. The monoisotopic (exact) mass is 531 g/mol. The number of aromatic amines is 1. The Morgan fingerprint density at radius 1 is 0.775 bits per heavy atom. The van der Waals surface area contributed by atoms with Crippen LogP contribution in [-0.2, 0) is 24.1 Å². The van der Waals surface area contributed by atoms with Gasteiger partial charge in [0.25, 0.3) is 0 Å². The first kappa shape index (κ1) is 27.1. The highest BCUT2D eigenvalue weighted by atomic mass is 16.3. The van der Waals surface area contributed by atoms with Crippen LogP contribution in [0.15, 0.2) is 108 Å². The summed E-state index contributed by atoms with van der Waals surface area (Å²) >= 11 is 0. The summed E-state index contributed by atoms with van der Waals surface area (Å²) in [4.78, 5) is 27.3. The summed E-state index contributed by atoms with van der Waals surface area (Å²) in [5.74, 6) is 0.175. The minimum atomic E-state index is -0.697. The third-order valence-corrected chi connectivity index (χ3v) is 7.34. The van der Waals surface area contributed by atoms with Gasteiger partial charge in [0, 0.05) is 24.3 Å². The lowest BCUT2D eigenvalue weighted by Gasteiger charge is -2.14. The number of carbonyl (C=O) groups excluding carboxylic acids is 1. The second-order valence-corrected chi connectivity index (χ2v) is 10.3.